The highest BCUT2D eigenvalue weighted by molar-refractivity contribution is 7.87. The Morgan fingerprint density at radius 3 is 2.57 bits per heavy atom. The Morgan fingerprint density at radius 2 is 2.00 bits per heavy atom. The summed E-state index contributed by atoms with van der Waals surface area (Å²) in [6, 6.07) is 0.518. The molecule has 2 N–H and O–H groups in total. The Balaban J connectivity index is 2.41. The second-order valence-corrected chi connectivity index (χ2v) is 9.17. The van der Waals surface area contributed by atoms with Gasteiger partial charge < -0.3 is 5.32 Å². The Hall–Kier alpha value is -0.170. The van der Waals surface area contributed by atoms with Crippen molar-refractivity contribution in [1.82, 2.24) is 14.3 Å². The third-order valence-corrected chi connectivity index (χ3v) is 5.77. The summed E-state index contributed by atoms with van der Waals surface area (Å²) in [6.45, 7) is 10.0. The van der Waals surface area contributed by atoms with Crippen molar-refractivity contribution in [3.63, 3.8) is 0 Å². The molecule has 6 heteroatoms. The molecule has 0 radical (unpaired) electrons. The van der Waals surface area contributed by atoms with Crippen LogP contribution in [0, 0.1) is 5.41 Å². The molecule has 1 rings (SSSR count). The van der Waals surface area contributed by atoms with E-state index < -0.39 is 10.2 Å². The van der Waals surface area contributed by atoms with E-state index in [1.165, 1.54) is 10.7 Å². The molecule has 0 saturated heterocycles. The molecule has 1 atom stereocenters. The first kappa shape index (κ1) is 18.9. The average molecular weight is 320 g/mol. The molecule has 1 unspecified atom stereocenters. The zero-order valence-corrected chi connectivity index (χ0v) is 15.1. The number of hydrogen-bond donors (Lipinski definition) is 2. The normalized spacial score (nSPS) is 22.9. The van der Waals surface area contributed by atoms with Gasteiger partial charge in [0.1, 0.15) is 0 Å². The van der Waals surface area contributed by atoms with Crippen LogP contribution < -0.4 is 10.0 Å². The zero-order chi connectivity index (χ0) is 16.1. The van der Waals surface area contributed by atoms with E-state index in [4.69, 9.17) is 0 Å². The third-order valence-electron chi connectivity index (χ3n) is 4.13. The summed E-state index contributed by atoms with van der Waals surface area (Å²) < 4.78 is 29.0. The second-order valence-electron chi connectivity index (χ2n) is 7.36. The topological polar surface area (TPSA) is 61.4 Å². The van der Waals surface area contributed by atoms with Crippen LogP contribution >= 0.6 is 0 Å². The van der Waals surface area contributed by atoms with Crippen LogP contribution in [0.15, 0.2) is 0 Å². The Morgan fingerprint density at radius 1 is 1.33 bits per heavy atom. The predicted molar refractivity (Wildman–Crippen MR) is 88.5 cm³/mol. The lowest BCUT2D eigenvalue weighted by Gasteiger charge is -2.36. The van der Waals surface area contributed by atoms with Crippen molar-refractivity contribution >= 4 is 10.2 Å². The highest BCUT2D eigenvalue weighted by Crippen LogP contribution is 2.35. The number of rotatable bonds is 8. The summed E-state index contributed by atoms with van der Waals surface area (Å²) in [5.74, 6) is 0. The van der Waals surface area contributed by atoms with Crippen molar-refractivity contribution in [2.24, 2.45) is 5.41 Å². The molecule has 0 spiro atoms. The second kappa shape index (κ2) is 7.90. The molecule has 0 aromatic heterocycles. The van der Waals surface area contributed by atoms with Gasteiger partial charge in [-0.1, -0.05) is 34.1 Å². The van der Waals surface area contributed by atoms with E-state index in [2.05, 4.69) is 37.7 Å². The molecule has 0 aromatic carbocycles. The number of nitrogens with zero attached hydrogens (tertiary/aromatic N) is 1. The first-order valence-corrected chi connectivity index (χ1v) is 9.53. The van der Waals surface area contributed by atoms with Gasteiger partial charge in [-0.05, 0) is 37.6 Å². The minimum Gasteiger partial charge on any atom is -0.314 e. The van der Waals surface area contributed by atoms with Crippen LogP contribution in [0.3, 0.4) is 0 Å². The van der Waals surface area contributed by atoms with Gasteiger partial charge in [-0.15, -0.1) is 0 Å². The summed E-state index contributed by atoms with van der Waals surface area (Å²) in [6.07, 6.45) is 4.98. The maximum absolute atomic E-state index is 12.3. The van der Waals surface area contributed by atoms with Crippen LogP contribution in [-0.2, 0) is 10.2 Å². The number of hydrogen-bond acceptors (Lipinski definition) is 3. The van der Waals surface area contributed by atoms with E-state index in [-0.39, 0.29) is 11.5 Å². The lowest BCUT2D eigenvalue weighted by molar-refractivity contribution is 0.210. The van der Waals surface area contributed by atoms with Crippen molar-refractivity contribution in [3.05, 3.63) is 0 Å². The zero-order valence-electron chi connectivity index (χ0n) is 14.3. The van der Waals surface area contributed by atoms with Crippen molar-refractivity contribution in [2.75, 3.05) is 20.1 Å². The van der Waals surface area contributed by atoms with E-state index in [0.29, 0.717) is 12.6 Å². The molecule has 0 aromatic rings. The minimum atomic E-state index is -3.36. The molecular formula is C15H33N3O2S. The van der Waals surface area contributed by atoms with Gasteiger partial charge in [-0.3, -0.25) is 0 Å². The fourth-order valence-electron chi connectivity index (χ4n) is 2.91. The summed E-state index contributed by atoms with van der Waals surface area (Å²) in [5, 5.41) is 3.30. The van der Waals surface area contributed by atoms with E-state index in [9.17, 15) is 8.42 Å². The summed E-state index contributed by atoms with van der Waals surface area (Å²) >= 11 is 0. The standard InChI is InChI=1S/C15H33N3O2S/c1-13(2)16-10-7-11-18(5)21(19,20)17-14-8-6-9-15(3,4)12-14/h13-14,16-17H,6-12H2,1-5H3. The highest BCUT2D eigenvalue weighted by Gasteiger charge is 2.31. The van der Waals surface area contributed by atoms with Gasteiger partial charge >= 0.3 is 0 Å². The first-order valence-electron chi connectivity index (χ1n) is 8.09. The minimum absolute atomic E-state index is 0.0787. The van der Waals surface area contributed by atoms with Gasteiger partial charge in [0.25, 0.3) is 10.2 Å². The SMILES string of the molecule is CC(C)NCCCN(C)S(=O)(=O)NC1CCCC(C)(C)C1. The van der Waals surface area contributed by atoms with Gasteiger partial charge in [0.15, 0.2) is 0 Å². The highest BCUT2D eigenvalue weighted by atomic mass is 32.2. The van der Waals surface area contributed by atoms with Crippen molar-refractivity contribution in [2.45, 2.75) is 71.9 Å². The monoisotopic (exact) mass is 319 g/mol. The largest absolute Gasteiger partial charge is 0.314 e. The number of nitrogens with one attached hydrogen (secondary N) is 2. The fourth-order valence-corrected chi connectivity index (χ4v) is 4.08. The quantitative estimate of drug-likeness (QED) is 0.674. The fraction of sp³-hybridized carbons (Fsp3) is 1.00. The van der Waals surface area contributed by atoms with Crippen LogP contribution in [0.2, 0.25) is 0 Å². The molecular weight excluding hydrogens is 286 g/mol. The lowest BCUT2D eigenvalue weighted by atomic mass is 9.75. The molecule has 0 bridgehead atoms. The first-order chi connectivity index (χ1) is 9.62. The van der Waals surface area contributed by atoms with E-state index >= 15 is 0 Å². The summed E-state index contributed by atoms with van der Waals surface area (Å²) in [4.78, 5) is 0. The van der Waals surface area contributed by atoms with Crippen LogP contribution in [0.1, 0.15) is 59.8 Å². The van der Waals surface area contributed by atoms with Crippen LogP contribution in [0.25, 0.3) is 0 Å². The van der Waals surface area contributed by atoms with Crippen LogP contribution in [0.5, 0.6) is 0 Å². The molecule has 1 aliphatic rings. The molecule has 1 fully saturated rings. The van der Waals surface area contributed by atoms with Gasteiger partial charge in [0, 0.05) is 25.7 Å². The van der Waals surface area contributed by atoms with Crippen molar-refractivity contribution < 1.29 is 8.42 Å². The molecule has 0 amide bonds. The third kappa shape index (κ3) is 7.08. The van der Waals surface area contributed by atoms with E-state index in [1.807, 2.05) is 0 Å². The summed E-state index contributed by atoms with van der Waals surface area (Å²) in [5.41, 5.74) is 0.241. The van der Waals surface area contributed by atoms with Gasteiger partial charge in [0.2, 0.25) is 0 Å². The smallest absolute Gasteiger partial charge is 0.279 e. The maximum atomic E-state index is 12.3. The Labute approximate surface area is 131 Å². The summed E-state index contributed by atoms with van der Waals surface area (Å²) in [7, 11) is -1.70. The predicted octanol–water partition coefficient (Wildman–Crippen LogP) is 2.11. The van der Waals surface area contributed by atoms with Crippen LogP contribution in [-0.4, -0.2) is 44.9 Å². The van der Waals surface area contributed by atoms with E-state index in [1.54, 1.807) is 7.05 Å². The van der Waals surface area contributed by atoms with Gasteiger partial charge in [0.05, 0.1) is 0 Å². The van der Waals surface area contributed by atoms with Crippen molar-refractivity contribution in [1.29, 1.82) is 0 Å². The molecule has 21 heavy (non-hydrogen) atoms. The van der Waals surface area contributed by atoms with Crippen LogP contribution in [0.4, 0.5) is 0 Å². The maximum Gasteiger partial charge on any atom is 0.279 e. The Bertz CT molecular complexity index is 407. The van der Waals surface area contributed by atoms with Gasteiger partial charge in [-0.25, -0.2) is 0 Å². The molecule has 0 aliphatic heterocycles. The molecule has 0 heterocycles. The molecule has 126 valence electrons. The van der Waals surface area contributed by atoms with Crippen molar-refractivity contribution in [3.8, 4) is 0 Å². The van der Waals surface area contributed by atoms with E-state index in [0.717, 1.165) is 32.2 Å². The molecule has 1 saturated carbocycles. The molecule has 1 aliphatic carbocycles. The average Bonchev–Trinajstić information content (AvgIpc) is 2.32. The van der Waals surface area contributed by atoms with Gasteiger partial charge in [-0.2, -0.15) is 17.4 Å². The lowest BCUT2D eigenvalue weighted by Crippen LogP contribution is -2.47. The Kier molecular flexibility index (Phi) is 7.10. The molecule has 5 nitrogen and oxygen atoms in total.